The summed E-state index contributed by atoms with van der Waals surface area (Å²) in [5, 5.41) is 0. The monoisotopic (exact) mass is 127 g/mol. The van der Waals surface area contributed by atoms with Crippen molar-refractivity contribution < 1.29 is 78.6 Å². The topological polar surface area (TPSA) is 28.5 Å². The Hall–Kier alpha value is 3.08. The van der Waals surface area contributed by atoms with Gasteiger partial charge in [-0.15, -0.1) is 0 Å². The van der Waals surface area contributed by atoms with Gasteiger partial charge in [0.05, 0.1) is 0 Å². The molecule has 0 radical (unpaired) electrons. The molecule has 1 nitrogen and oxygen atoms in total. The Balaban J connectivity index is 0. The van der Waals surface area contributed by atoms with E-state index in [-0.39, 0.29) is 102 Å². The van der Waals surface area contributed by atoms with Crippen LogP contribution in [0.3, 0.4) is 0 Å². The molecular weight excluding hydrogens is 127 g/mol. The molecule has 0 aromatic carbocycles. The van der Waals surface area contributed by atoms with Crippen molar-refractivity contribution in [1.82, 2.24) is 0 Å². The van der Waals surface area contributed by atoms with Gasteiger partial charge in [0.1, 0.15) is 0 Å². The molecule has 0 rings (SSSR count). The summed E-state index contributed by atoms with van der Waals surface area (Å²) in [5.41, 5.74) is 0. The van der Waals surface area contributed by atoms with Crippen molar-refractivity contribution in [2.24, 2.45) is 0 Å². The molecule has 0 aromatic heterocycles. The average Bonchev–Trinajstić information content (AvgIpc) is 0. The molecule has 0 aliphatic rings. The van der Waals surface area contributed by atoms with Gasteiger partial charge in [-0.25, -0.2) is 0 Å². The maximum Gasteiger partial charge on any atom is 4.00 e. The summed E-state index contributed by atoms with van der Waals surface area (Å²) in [5.74, 6) is 0. The summed E-state index contributed by atoms with van der Waals surface area (Å²) in [7, 11) is 0. The van der Waals surface area contributed by atoms with Gasteiger partial charge in [0.2, 0.25) is 0 Å². The molecule has 0 atom stereocenters. The van der Waals surface area contributed by atoms with Crippen LogP contribution >= 0.6 is 0 Å². The van der Waals surface area contributed by atoms with E-state index >= 15 is 0 Å². The van der Waals surface area contributed by atoms with Gasteiger partial charge in [0.25, 0.3) is 0 Å². The van der Waals surface area contributed by atoms with Crippen LogP contribution in [0.2, 0.25) is 0 Å². The first kappa shape index (κ1) is 27.6. The van der Waals surface area contributed by atoms with E-state index in [1.807, 2.05) is 0 Å². The second-order valence-electron chi connectivity index (χ2n) is 0. The van der Waals surface area contributed by atoms with Gasteiger partial charge in [0, 0.05) is 0 Å². The Labute approximate surface area is 99.0 Å². The molecular formula is KMgOTi+5. The molecule has 0 fully saturated rings. The van der Waals surface area contributed by atoms with Gasteiger partial charge < -0.3 is 5.48 Å². The summed E-state index contributed by atoms with van der Waals surface area (Å²) in [6.07, 6.45) is 0. The summed E-state index contributed by atoms with van der Waals surface area (Å²) in [6.45, 7) is 0. The van der Waals surface area contributed by atoms with Gasteiger partial charge in [0.15, 0.2) is 0 Å². The van der Waals surface area contributed by atoms with E-state index in [1.54, 1.807) is 0 Å². The number of hydrogen-bond acceptors (Lipinski definition) is 0. The molecule has 0 spiro atoms. The summed E-state index contributed by atoms with van der Waals surface area (Å²) in [4.78, 5) is 0. The van der Waals surface area contributed by atoms with Gasteiger partial charge in [-0.1, -0.05) is 0 Å². The smallest absolute Gasteiger partial charge is 2.00 e. The fourth-order valence-electron chi connectivity index (χ4n) is 0. The third-order valence-electron chi connectivity index (χ3n) is 0. The standard InChI is InChI=1S/K.Mg.O.Ti/q+1;+2;-2;+4. The van der Waals surface area contributed by atoms with Crippen molar-refractivity contribution >= 4 is 23.1 Å². The molecule has 4 heteroatoms. The summed E-state index contributed by atoms with van der Waals surface area (Å²) < 4.78 is 0. The molecule has 0 aliphatic heterocycles. The predicted molar refractivity (Wildman–Crippen MR) is 6.44 cm³/mol. The van der Waals surface area contributed by atoms with Crippen LogP contribution < -0.4 is 51.4 Å². The van der Waals surface area contributed by atoms with Crippen molar-refractivity contribution in [3.05, 3.63) is 0 Å². The van der Waals surface area contributed by atoms with Crippen LogP contribution in [-0.2, 0) is 27.2 Å². The third kappa shape index (κ3) is 8.91. The van der Waals surface area contributed by atoms with Crippen LogP contribution in [0.4, 0.5) is 0 Å². The van der Waals surface area contributed by atoms with Gasteiger partial charge in [-0.3, -0.25) is 0 Å². The number of rotatable bonds is 0. The first-order chi connectivity index (χ1) is 0. The molecule has 0 saturated heterocycles. The van der Waals surface area contributed by atoms with Gasteiger partial charge in [-0.05, 0) is 0 Å². The summed E-state index contributed by atoms with van der Waals surface area (Å²) in [6, 6.07) is 0. The predicted octanol–water partition coefficient (Wildman–Crippen LogP) is -3.50. The van der Waals surface area contributed by atoms with E-state index < -0.39 is 0 Å². The van der Waals surface area contributed by atoms with Gasteiger partial charge >= 0.3 is 96.2 Å². The van der Waals surface area contributed by atoms with Crippen molar-refractivity contribution in [3.63, 3.8) is 0 Å². The second kappa shape index (κ2) is 16.5. The Kier molecular flexibility index (Phi) is 114. The largest absolute Gasteiger partial charge is 4.00 e. The van der Waals surface area contributed by atoms with Crippen molar-refractivity contribution in [3.8, 4) is 0 Å². The van der Waals surface area contributed by atoms with Crippen LogP contribution in [0.15, 0.2) is 0 Å². The fourth-order valence-corrected chi connectivity index (χ4v) is 0. The Morgan fingerprint density at radius 2 is 1.00 bits per heavy atom. The minimum absolute atomic E-state index is 0. The Morgan fingerprint density at radius 3 is 1.00 bits per heavy atom. The number of hydrogen-bond donors (Lipinski definition) is 0. The van der Waals surface area contributed by atoms with Crippen molar-refractivity contribution in [2.45, 2.75) is 0 Å². The van der Waals surface area contributed by atoms with Crippen LogP contribution in [0.5, 0.6) is 0 Å². The molecule has 0 heterocycles. The zero-order valence-electron chi connectivity index (χ0n) is 2.62. The summed E-state index contributed by atoms with van der Waals surface area (Å²) >= 11 is 0. The van der Waals surface area contributed by atoms with E-state index in [2.05, 4.69) is 0 Å². The van der Waals surface area contributed by atoms with E-state index in [9.17, 15) is 0 Å². The zero-order valence-corrected chi connectivity index (χ0v) is 8.71. The van der Waals surface area contributed by atoms with Crippen LogP contribution in [0.25, 0.3) is 0 Å². The fraction of sp³-hybridized carbons (Fsp3) is 0. The molecule has 8 valence electrons. The molecule has 4 heavy (non-hydrogen) atoms. The van der Waals surface area contributed by atoms with E-state index in [0.717, 1.165) is 0 Å². The first-order valence-corrected chi connectivity index (χ1v) is 0. The SMILES string of the molecule is [K+].[Mg+2].[O-2].[Ti+4]. The molecule has 0 aliphatic carbocycles. The maximum atomic E-state index is 0. The third-order valence-corrected chi connectivity index (χ3v) is 0. The first-order valence-electron chi connectivity index (χ1n) is 0. The molecule has 0 bridgehead atoms. The van der Waals surface area contributed by atoms with Crippen LogP contribution in [0.1, 0.15) is 0 Å². The van der Waals surface area contributed by atoms with Crippen LogP contribution in [-0.4, -0.2) is 23.1 Å². The molecule has 0 aromatic rings. The molecule has 0 saturated carbocycles. The normalized spacial score (nSPS) is 0. The second-order valence-corrected chi connectivity index (χ2v) is 0. The molecule has 0 unspecified atom stereocenters. The molecule has 0 N–H and O–H groups in total. The van der Waals surface area contributed by atoms with E-state index in [1.165, 1.54) is 0 Å². The molecule has 0 amide bonds. The van der Waals surface area contributed by atoms with Crippen molar-refractivity contribution in [2.75, 3.05) is 0 Å². The van der Waals surface area contributed by atoms with Crippen LogP contribution in [0, 0.1) is 0 Å². The van der Waals surface area contributed by atoms with Gasteiger partial charge in [-0.2, -0.15) is 0 Å². The minimum Gasteiger partial charge on any atom is -2.00 e. The van der Waals surface area contributed by atoms with E-state index in [0.29, 0.717) is 0 Å². The zero-order chi connectivity index (χ0) is 0. The Morgan fingerprint density at radius 1 is 1.00 bits per heavy atom. The van der Waals surface area contributed by atoms with E-state index in [4.69, 9.17) is 0 Å². The average molecular weight is 127 g/mol. The van der Waals surface area contributed by atoms with Crippen molar-refractivity contribution in [1.29, 1.82) is 0 Å². The maximum absolute atomic E-state index is 0. The minimum atomic E-state index is 0. The Bertz CT molecular complexity index is 8.00. The quantitative estimate of drug-likeness (QED) is 0.302.